The standard InChI is InChI=1S/C25H32N4O3/c1-17(2)12-20-14-23(28(3)27-20)25(30)29-11-5-6-19(16-29)24-26-15-22(32-24)13-18-7-9-21(31-4)10-8-18/h7-10,14-15,17,19H,5-6,11-13,16H2,1-4H3/t19-/m0/s1. The maximum atomic E-state index is 13.2. The largest absolute Gasteiger partial charge is 0.497 e. The van der Waals surface area contributed by atoms with Gasteiger partial charge in [0.05, 0.1) is 24.9 Å². The van der Waals surface area contributed by atoms with Gasteiger partial charge in [-0.2, -0.15) is 5.10 Å². The minimum atomic E-state index is 0.0321. The Hall–Kier alpha value is -3.09. The van der Waals surface area contributed by atoms with Crippen LogP contribution in [0.15, 0.2) is 40.9 Å². The normalized spacial score (nSPS) is 16.5. The van der Waals surface area contributed by atoms with Crippen LogP contribution in [-0.4, -0.2) is 45.8 Å². The van der Waals surface area contributed by atoms with Gasteiger partial charge >= 0.3 is 0 Å². The van der Waals surface area contributed by atoms with E-state index in [0.29, 0.717) is 24.6 Å². The maximum Gasteiger partial charge on any atom is 0.272 e. The van der Waals surface area contributed by atoms with Gasteiger partial charge in [0.2, 0.25) is 0 Å². The Morgan fingerprint density at radius 1 is 1.28 bits per heavy atom. The van der Waals surface area contributed by atoms with Crippen molar-refractivity contribution in [2.45, 2.75) is 45.4 Å². The molecule has 170 valence electrons. The van der Waals surface area contributed by atoms with E-state index < -0.39 is 0 Å². The molecule has 1 saturated heterocycles. The molecule has 0 bridgehead atoms. The van der Waals surface area contributed by atoms with Crippen molar-refractivity contribution in [3.05, 3.63) is 65.1 Å². The van der Waals surface area contributed by atoms with Gasteiger partial charge in [-0.15, -0.1) is 0 Å². The molecule has 32 heavy (non-hydrogen) atoms. The number of aromatic nitrogens is 3. The topological polar surface area (TPSA) is 73.4 Å². The number of piperidine rings is 1. The number of aryl methyl sites for hydroxylation is 1. The zero-order valence-corrected chi connectivity index (χ0v) is 19.4. The lowest BCUT2D eigenvalue weighted by Crippen LogP contribution is -2.40. The molecule has 1 aliphatic rings. The molecule has 1 atom stereocenters. The van der Waals surface area contributed by atoms with Crippen LogP contribution in [0.4, 0.5) is 0 Å². The molecule has 7 heteroatoms. The summed E-state index contributed by atoms with van der Waals surface area (Å²) in [5.41, 5.74) is 2.76. The molecular weight excluding hydrogens is 404 g/mol. The Morgan fingerprint density at radius 2 is 2.06 bits per heavy atom. The second kappa shape index (κ2) is 9.59. The molecule has 1 amide bonds. The van der Waals surface area contributed by atoms with Crippen LogP contribution in [0.3, 0.4) is 0 Å². The molecule has 2 aromatic heterocycles. The molecule has 3 aromatic rings. The summed E-state index contributed by atoms with van der Waals surface area (Å²) in [5, 5.41) is 4.53. The molecule has 4 rings (SSSR count). The minimum Gasteiger partial charge on any atom is -0.497 e. The highest BCUT2D eigenvalue weighted by atomic mass is 16.5. The molecule has 0 spiro atoms. The summed E-state index contributed by atoms with van der Waals surface area (Å²) in [4.78, 5) is 19.7. The summed E-state index contributed by atoms with van der Waals surface area (Å²) in [6.07, 6.45) is 5.26. The van der Waals surface area contributed by atoms with E-state index >= 15 is 0 Å². The summed E-state index contributed by atoms with van der Waals surface area (Å²) < 4.78 is 13.0. The molecule has 0 radical (unpaired) electrons. The van der Waals surface area contributed by atoms with Crippen molar-refractivity contribution in [2.24, 2.45) is 13.0 Å². The highest BCUT2D eigenvalue weighted by Gasteiger charge is 2.30. The van der Waals surface area contributed by atoms with Gasteiger partial charge in [-0.25, -0.2) is 4.98 Å². The van der Waals surface area contributed by atoms with Crippen LogP contribution in [0, 0.1) is 5.92 Å². The van der Waals surface area contributed by atoms with Crippen LogP contribution in [0.2, 0.25) is 0 Å². The van der Waals surface area contributed by atoms with E-state index in [2.05, 4.69) is 23.9 Å². The van der Waals surface area contributed by atoms with Crippen molar-refractivity contribution in [3.63, 3.8) is 0 Å². The van der Waals surface area contributed by atoms with E-state index in [1.54, 1.807) is 18.0 Å². The van der Waals surface area contributed by atoms with Crippen molar-refractivity contribution in [3.8, 4) is 5.75 Å². The Kier molecular flexibility index (Phi) is 6.63. The molecule has 0 N–H and O–H groups in total. The number of amides is 1. The van der Waals surface area contributed by atoms with Gasteiger partial charge in [0.1, 0.15) is 17.2 Å². The summed E-state index contributed by atoms with van der Waals surface area (Å²) in [6.45, 7) is 5.68. The lowest BCUT2D eigenvalue weighted by Gasteiger charge is -2.31. The Morgan fingerprint density at radius 3 is 2.78 bits per heavy atom. The lowest BCUT2D eigenvalue weighted by molar-refractivity contribution is 0.0686. The van der Waals surface area contributed by atoms with E-state index in [9.17, 15) is 4.79 Å². The van der Waals surface area contributed by atoms with E-state index in [0.717, 1.165) is 54.5 Å². The molecule has 0 saturated carbocycles. The van der Waals surface area contributed by atoms with Crippen LogP contribution in [0.25, 0.3) is 0 Å². The van der Waals surface area contributed by atoms with Gasteiger partial charge in [-0.1, -0.05) is 26.0 Å². The van der Waals surface area contributed by atoms with Crippen molar-refractivity contribution in [1.82, 2.24) is 19.7 Å². The number of methoxy groups -OCH3 is 1. The van der Waals surface area contributed by atoms with Crippen LogP contribution >= 0.6 is 0 Å². The molecule has 0 aliphatic carbocycles. The van der Waals surface area contributed by atoms with Gasteiger partial charge in [-0.05, 0) is 48.9 Å². The Labute approximate surface area is 189 Å². The predicted octanol–water partition coefficient (Wildman–Crippen LogP) is 4.23. The Balaban J connectivity index is 1.42. The second-order valence-corrected chi connectivity index (χ2v) is 9.02. The monoisotopic (exact) mass is 436 g/mol. The first-order valence-corrected chi connectivity index (χ1v) is 11.3. The minimum absolute atomic E-state index is 0.0321. The number of nitrogens with zero attached hydrogens (tertiary/aromatic N) is 4. The average molecular weight is 437 g/mol. The van der Waals surface area contributed by atoms with E-state index in [1.165, 1.54) is 0 Å². The van der Waals surface area contributed by atoms with E-state index in [-0.39, 0.29) is 11.8 Å². The van der Waals surface area contributed by atoms with E-state index in [4.69, 9.17) is 9.15 Å². The lowest BCUT2D eigenvalue weighted by atomic mass is 9.97. The quantitative estimate of drug-likeness (QED) is 0.554. The highest BCUT2D eigenvalue weighted by Crippen LogP contribution is 2.28. The molecule has 3 heterocycles. The smallest absolute Gasteiger partial charge is 0.272 e. The summed E-state index contributed by atoms with van der Waals surface area (Å²) in [7, 11) is 3.51. The molecule has 1 fully saturated rings. The summed E-state index contributed by atoms with van der Waals surface area (Å²) in [5.74, 6) is 3.04. The number of hydrogen-bond acceptors (Lipinski definition) is 5. The number of likely N-dealkylation sites (tertiary alicyclic amines) is 1. The molecule has 1 aliphatic heterocycles. The number of ether oxygens (including phenoxy) is 1. The SMILES string of the molecule is COc1ccc(Cc2cnc([C@H]3CCCN(C(=O)c4cc(CC(C)C)nn4C)C3)o2)cc1. The number of carbonyl (C=O) groups is 1. The van der Waals surface area contributed by atoms with Crippen LogP contribution in [0.1, 0.15) is 66.0 Å². The fraction of sp³-hybridized carbons (Fsp3) is 0.480. The second-order valence-electron chi connectivity index (χ2n) is 9.02. The van der Waals surface area contributed by atoms with Crippen molar-refractivity contribution in [1.29, 1.82) is 0 Å². The third-order valence-corrected chi connectivity index (χ3v) is 5.93. The fourth-order valence-electron chi connectivity index (χ4n) is 4.31. The summed E-state index contributed by atoms with van der Waals surface area (Å²) in [6, 6.07) is 9.89. The third-order valence-electron chi connectivity index (χ3n) is 5.93. The molecular formula is C25H32N4O3. The molecule has 7 nitrogen and oxygen atoms in total. The van der Waals surface area contributed by atoms with E-state index in [1.807, 2.05) is 42.3 Å². The van der Waals surface area contributed by atoms with Gasteiger partial charge in [0.25, 0.3) is 5.91 Å². The maximum absolute atomic E-state index is 13.2. The number of oxazole rings is 1. The van der Waals surface area contributed by atoms with Gasteiger partial charge < -0.3 is 14.1 Å². The van der Waals surface area contributed by atoms with Gasteiger partial charge in [-0.3, -0.25) is 9.48 Å². The molecule has 0 unspecified atom stereocenters. The van der Waals surface area contributed by atoms with Crippen LogP contribution < -0.4 is 4.74 Å². The first-order chi connectivity index (χ1) is 15.4. The number of carbonyl (C=O) groups excluding carboxylic acids is 1. The number of hydrogen-bond donors (Lipinski definition) is 0. The first kappa shape index (κ1) is 22.1. The predicted molar refractivity (Wildman–Crippen MR) is 122 cm³/mol. The zero-order valence-electron chi connectivity index (χ0n) is 19.4. The average Bonchev–Trinajstić information content (AvgIpc) is 3.40. The molecule has 1 aromatic carbocycles. The van der Waals surface area contributed by atoms with Crippen molar-refractivity contribution >= 4 is 5.91 Å². The van der Waals surface area contributed by atoms with Crippen LogP contribution in [0.5, 0.6) is 5.75 Å². The highest BCUT2D eigenvalue weighted by molar-refractivity contribution is 5.92. The first-order valence-electron chi connectivity index (χ1n) is 11.3. The van der Waals surface area contributed by atoms with Gasteiger partial charge in [0.15, 0.2) is 5.89 Å². The zero-order chi connectivity index (χ0) is 22.7. The Bertz CT molecular complexity index is 1050. The fourth-order valence-corrected chi connectivity index (χ4v) is 4.31. The van der Waals surface area contributed by atoms with Crippen LogP contribution in [-0.2, 0) is 19.9 Å². The van der Waals surface area contributed by atoms with Crippen molar-refractivity contribution in [2.75, 3.05) is 20.2 Å². The van der Waals surface area contributed by atoms with Crippen molar-refractivity contribution < 1.29 is 13.9 Å². The third kappa shape index (κ3) is 5.03. The number of benzene rings is 1. The van der Waals surface area contributed by atoms with Gasteiger partial charge in [0, 0.05) is 26.6 Å². The number of rotatable bonds is 7. The summed E-state index contributed by atoms with van der Waals surface area (Å²) >= 11 is 0.